The number of allylic oxidation sites excluding steroid dienone is 4. The van der Waals surface area contributed by atoms with Crippen LogP contribution in [0.4, 0.5) is 0 Å². The van der Waals surface area contributed by atoms with Crippen LogP contribution >= 0.6 is 38.5 Å². The minimum atomic E-state index is 0.724. The number of halogens is 2. The molecule has 2 heteroatoms. The summed E-state index contributed by atoms with van der Waals surface area (Å²) in [5.41, 5.74) is 0. The van der Waals surface area contributed by atoms with Crippen molar-refractivity contribution in [3.8, 4) is 0 Å². The van der Waals surface area contributed by atoms with Gasteiger partial charge in [0.1, 0.15) is 0 Å². The van der Waals surface area contributed by atoms with E-state index >= 15 is 0 Å². The van der Waals surface area contributed by atoms with Crippen molar-refractivity contribution in [3.63, 3.8) is 0 Å². The maximum Gasteiger partial charge on any atom is 0.0118 e. The summed E-state index contributed by atoms with van der Waals surface area (Å²) in [4.78, 5) is 0. The second kappa shape index (κ2) is 2.09. The van der Waals surface area contributed by atoms with E-state index in [1.807, 2.05) is 0 Å². The van der Waals surface area contributed by atoms with Crippen LogP contribution in [0.1, 0.15) is 6.42 Å². The van der Waals surface area contributed by atoms with Gasteiger partial charge in [0, 0.05) is 19.9 Å². The Balaban J connectivity index is 2.41. The minimum absolute atomic E-state index is 0.724. The van der Waals surface area contributed by atoms with Crippen LogP contribution in [0.15, 0.2) is 20.2 Å². The highest BCUT2D eigenvalue weighted by Gasteiger charge is 2.32. The maximum atomic E-state index is 3.58. The molecule has 0 amide bonds. The fourth-order valence-corrected chi connectivity index (χ4v) is 2.92. The second-order valence-corrected chi connectivity index (χ2v) is 4.55. The van der Waals surface area contributed by atoms with Gasteiger partial charge in [0.15, 0.2) is 0 Å². The number of hydrogen-bond donors (Lipinski definition) is 0. The number of fused-ring (bicyclic) bond motifs is 2. The van der Waals surface area contributed by atoms with Crippen LogP contribution in [0.5, 0.6) is 0 Å². The van der Waals surface area contributed by atoms with E-state index in [0.717, 1.165) is 11.8 Å². The first-order valence-electron chi connectivity index (χ1n) is 3.02. The summed E-state index contributed by atoms with van der Waals surface area (Å²) >= 11 is 6.01. The largest absolute Gasteiger partial charge is 0.0798 e. The van der Waals surface area contributed by atoms with Crippen LogP contribution < -0.4 is 0 Å². The van der Waals surface area contributed by atoms with E-state index in [0.29, 0.717) is 0 Å². The second-order valence-electron chi connectivity index (χ2n) is 2.53. The molecule has 0 aliphatic heterocycles. The molecule has 0 N–H and O–H groups in total. The van der Waals surface area contributed by atoms with E-state index in [1.165, 1.54) is 14.5 Å². The van der Waals surface area contributed by atoms with Gasteiger partial charge in [-0.1, -0.05) is 28.1 Å². The fourth-order valence-electron chi connectivity index (χ4n) is 1.43. The molecule has 0 heterocycles. The summed E-state index contributed by atoms with van der Waals surface area (Å²) in [6.45, 7) is 0. The first kappa shape index (κ1) is 6.40. The first-order valence-corrected chi connectivity index (χ1v) is 4.89. The lowest BCUT2D eigenvalue weighted by Crippen LogP contribution is -1.85. The van der Waals surface area contributed by atoms with Gasteiger partial charge in [-0.05, 0) is 29.0 Å². The molecule has 2 aliphatic carbocycles. The summed E-state index contributed by atoms with van der Waals surface area (Å²) in [5.74, 6) is 1.48. The molecule has 2 rings (SSSR count). The Morgan fingerprint density at radius 3 is 2.44 bits per heavy atom. The van der Waals surface area contributed by atoms with E-state index in [9.17, 15) is 0 Å². The van der Waals surface area contributed by atoms with Crippen molar-refractivity contribution < 1.29 is 0 Å². The lowest BCUT2D eigenvalue weighted by atomic mass is 10.2. The fraction of sp³-hybridized carbons (Fsp3) is 0.429. The molecule has 0 aromatic heterocycles. The first-order chi connectivity index (χ1) is 4.29. The topological polar surface area (TPSA) is 0 Å². The van der Waals surface area contributed by atoms with E-state index in [2.05, 4.69) is 50.7 Å². The van der Waals surface area contributed by atoms with Gasteiger partial charge in [-0.3, -0.25) is 0 Å². The summed E-state index contributed by atoms with van der Waals surface area (Å²) in [6.07, 6.45) is 5.94. The Kier molecular flexibility index (Phi) is 1.49. The molecular weight excluding hydrogens is 291 g/mol. The van der Waals surface area contributed by atoms with Gasteiger partial charge in [-0.2, -0.15) is 0 Å². The molecule has 0 nitrogen and oxygen atoms in total. The minimum Gasteiger partial charge on any atom is -0.0798 e. The molecule has 2 bridgehead atoms. The summed E-state index contributed by atoms with van der Waals surface area (Å²) in [6, 6.07) is 0. The van der Waals surface area contributed by atoms with Gasteiger partial charge in [0.2, 0.25) is 0 Å². The van der Waals surface area contributed by atoms with Crippen molar-refractivity contribution >= 4 is 38.5 Å². The van der Waals surface area contributed by atoms with Crippen molar-refractivity contribution in [1.82, 2.24) is 0 Å². The van der Waals surface area contributed by atoms with Crippen LogP contribution in [0.2, 0.25) is 0 Å². The molecule has 9 heavy (non-hydrogen) atoms. The van der Waals surface area contributed by atoms with Crippen LogP contribution in [-0.4, -0.2) is 0 Å². The van der Waals surface area contributed by atoms with Gasteiger partial charge in [0.05, 0.1) is 0 Å². The lowest BCUT2D eigenvalue weighted by molar-refractivity contribution is 0.727. The molecule has 0 unspecified atom stereocenters. The number of rotatable bonds is 0. The van der Waals surface area contributed by atoms with Crippen LogP contribution in [0.25, 0.3) is 0 Å². The predicted molar refractivity (Wildman–Crippen MR) is 50.7 cm³/mol. The van der Waals surface area contributed by atoms with Crippen LogP contribution in [0.3, 0.4) is 0 Å². The molecule has 0 saturated carbocycles. The lowest BCUT2D eigenvalue weighted by Gasteiger charge is -2.02. The molecular formula is C7H6BrI. The van der Waals surface area contributed by atoms with Crippen molar-refractivity contribution in [3.05, 3.63) is 20.2 Å². The van der Waals surface area contributed by atoms with Crippen molar-refractivity contribution in [2.24, 2.45) is 11.8 Å². The molecule has 0 saturated heterocycles. The monoisotopic (exact) mass is 296 g/mol. The Labute approximate surface area is 76.7 Å². The Hall–Kier alpha value is 0.690. The molecule has 0 aromatic rings. The number of hydrogen-bond acceptors (Lipinski definition) is 0. The van der Waals surface area contributed by atoms with E-state index in [-0.39, 0.29) is 0 Å². The zero-order valence-corrected chi connectivity index (χ0v) is 8.52. The quantitative estimate of drug-likeness (QED) is 0.476. The highest BCUT2D eigenvalue weighted by Crippen LogP contribution is 2.48. The standard InChI is InChI=1S/C7H6BrI/c8-6-4-1-2-5(3-4)7(6)9/h1-2,4-5H,3H2/t4-,5+/m1/s1. The van der Waals surface area contributed by atoms with Gasteiger partial charge >= 0.3 is 0 Å². The highest BCUT2D eigenvalue weighted by molar-refractivity contribution is 14.1. The van der Waals surface area contributed by atoms with Gasteiger partial charge < -0.3 is 0 Å². The summed E-state index contributed by atoms with van der Waals surface area (Å²) < 4.78 is 2.94. The highest BCUT2D eigenvalue weighted by atomic mass is 127. The molecule has 2 aliphatic rings. The zero-order chi connectivity index (χ0) is 6.43. The molecule has 0 fully saturated rings. The summed E-state index contributed by atoms with van der Waals surface area (Å²) in [5, 5.41) is 0. The zero-order valence-electron chi connectivity index (χ0n) is 4.77. The average Bonchev–Trinajstić information content (AvgIpc) is 2.37. The summed E-state index contributed by atoms with van der Waals surface area (Å²) in [7, 11) is 0. The SMILES string of the molecule is BrC1=C(I)[C@H]2C=C[C@@H]1C2. The molecule has 0 aromatic carbocycles. The van der Waals surface area contributed by atoms with Gasteiger partial charge in [-0.15, -0.1) is 0 Å². The van der Waals surface area contributed by atoms with E-state index in [4.69, 9.17) is 0 Å². The van der Waals surface area contributed by atoms with Gasteiger partial charge in [0.25, 0.3) is 0 Å². The predicted octanol–water partition coefficient (Wildman–Crippen LogP) is 3.23. The molecule has 48 valence electrons. The van der Waals surface area contributed by atoms with Crippen molar-refractivity contribution in [1.29, 1.82) is 0 Å². The van der Waals surface area contributed by atoms with Gasteiger partial charge in [-0.25, -0.2) is 0 Å². The Morgan fingerprint density at radius 1 is 1.44 bits per heavy atom. The molecule has 0 radical (unpaired) electrons. The third-order valence-corrected chi connectivity index (χ3v) is 5.10. The molecule has 2 atom stereocenters. The molecule has 0 spiro atoms. The van der Waals surface area contributed by atoms with Crippen molar-refractivity contribution in [2.45, 2.75) is 6.42 Å². The smallest absolute Gasteiger partial charge is 0.0118 e. The third-order valence-electron chi connectivity index (χ3n) is 1.96. The van der Waals surface area contributed by atoms with Crippen molar-refractivity contribution in [2.75, 3.05) is 0 Å². The average molecular weight is 297 g/mol. The maximum absolute atomic E-state index is 3.58. The normalized spacial score (nSPS) is 38.9. The van der Waals surface area contributed by atoms with Crippen LogP contribution in [0, 0.1) is 11.8 Å². The van der Waals surface area contributed by atoms with E-state index < -0.39 is 0 Å². The van der Waals surface area contributed by atoms with Crippen LogP contribution in [-0.2, 0) is 0 Å². The Bertz CT molecular complexity index is 185. The third kappa shape index (κ3) is 0.827. The Morgan fingerprint density at radius 2 is 2.11 bits per heavy atom. The van der Waals surface area contributed by atoms with E-state index in [1.54, 1.807) is 0 Å².